The number of methoxy groups -OCH3 is 2. The van der Waals surface area contributed by atoms with Gasteiger partial charge in [-0.25, -0.2) is 0 Å². The number of ketones is 1. The monoisotopic (exact) mass is 439 g/mol. The number of Topliss-reactive ketones (excluding diaryl/α,β-unsaturated/α-hetero) is 1. The summed E-state index contributed by atoms with van der Waals surface area (Å²) < 4.78 is 21.5. The van der Waals surface area contributed by atoms with Gasteiger partial charge in [0.15, 0.2) is 17.3 Å². The Balaban J connectivity index is 1.81. The van der Waals surface area contributed by atoms with Crippen LogP contribution in [0.5, 0.6) is 11.5 Å². The Morgan fingerprint density at radius 1 is 1.12 bits per heavy atom. The van der Waals surface area contributed by atoms with Crippen molar-refractivity contribution in [2.75, 3.05) is 20.8 Å². The van der Waals surface area contributed by atoms with E-state index in [1.165, 1.54) is 20.5 Å². The molecule has 0 unspecified atom stereocenters. The van der Waals surface area contributed by atoms with Gasteiger partial charge in [-0.05, 0) is 43.2 Å². The average molecular weight is 439 g/mol. The number of ether oxygens (including phenoxy) is 3. The van der Waals surface area contributed by atoms with Crippen LogP contribution in [-0.4, -0.2) is 38.5 Å². The number of hydrogen-bond acceptors (Lipinski definition) is 7. The van der Waals surface area contributed by atoms with Gasteiger partial charge in [0.05, 0.1) is 27.1 Å². The minimum absolute atomic E-state index is 0.0843. The van der Waals surface area contributed by atoms with Gasteiger partial charge in [-0.1, -0.05) is 6.07 Å². The first kappa shape index (κ1) is 21.7. The molecule has 2 aliphatic rings. The third-order valence-electron chi connectivity index (χ3n) is 5.99. The second-order valence-electron chi connectivity index (χ2n) is 7.73. The number of amides is 1. The van der Waals surface area contributed by atoms with Crippen LogP contribution in [0.2, 0.25) is 0 Å². The Hall–Kier alpha value is -3.55. The van der Waals surface area contributed by atoms with Crippen LogP contribution in [0.25, 0.3) is 0 Å². The van der Waals surface area contributed by atoms with Gasteiger partial charge in [0.25, 0.3) is 0 Å². The van der Waals surface area contributed by atoms with Crippen molar-refractivity contribution in [3.8, 4) is 11.5 Å². The average Bonchev–Trinajstić information content (AvgIpc) is 3.32. The lowest BCUT2D eigenvalue weighted by molar-refractivity contribution is -0.152. The standard InChI is InChI=1S/C24H25NO7/c1-4-31-24(28)22-15(17-6-5-9-32-17)11-16-21(23(22)27)14(12-20(26)25-16)13-7-8-18(29-2)19(10-13)30-3/h5-10,14-15,22H,4,11-12H2,1-3H3,(H,25,26)/t14-,15+,22+/m0/s1. The molecule has 1 aliphatic heterocycles. The lowest BCUT2D eigenvalue weighted by Crippen LogP contribution is -2.44. The van der Waals surface area contributed by atoms with Crippen molar-refractivity contribution in [3.63, 3.8) is 0 Å². The largest absolute Gasteiger partial charge is 0.493 e. The van der Waals surface area contributed by atoms with E-state index in [4.69, 9.17) is 18.6 Å². The maximum atomic E-state index is 13.7. The minimum Gasteiger partial charge on any atom is -0.493 e. The zero-order valence-electron chi connectivity index (χ0n) is 18.2. The summed E-state index contributed by atoms with van der Waals surface area (Å²) in [6.45, 7) is 1.86. The van der Waals surface area contributed by atoms with Gasteiger partial charge in [0, 0.05) is 29.5 Å². The first-order valence-corrected chi connectivity index (χ1v) is 10.5. The van der Waals surface area contributed by atoms with E-state index >= 15 is 0 Å². The number of rotatable bonds is 6. The van der Waals surface area contributed by atoms with Crippen molar-refractivity contribution < 1.29 is 33.0 Å². The summed E-state index contributed by atoms with van der Waals surface area (Å²) in [5.74, 6) is -1.70. The Morgan fingerprint density at radius 2 is 1.91 bits per heavy atom. The van der Waals surface area contributed by atoms with Crippen molar-refractivity contribution in [2.45, 2.75) is 31.6 Å². The van der Waals surface area contributed by atoms with Crippen molar-refractivity contribution in [3.05, 3.63) is 59.2 Å². The van der Waals surface area contributed by atoms with Crippen LogP contribution < -0.4 is 14.8 Å². The number of nitrogens with one attached hydrogen (secondary N) is 1. The van der Waals surface area contributed by atoms with Gasteiger partial charge in [-0.2, -0.15) is 0 Å². The Bertz CT molecular complexity index is 1070. The highest BCUT2D eigenvalue weighted by Gasteiger charge is 2.48. The number of furan rings is 1. The zero-order chi connectivity index (χ0) is 22.8. The minimum atomic E-state index is -1.04. The van der Waals surface area contributed by atoms with E-state index in [1.54, 1.807) is 37.3 Å². The molecule has 0 saturated carbocycles. The van der Waals surface area contributed by atoms with Gasteiger partial charge < -0.3 is 23.9 Å². The third kappa shape index (κ3) is 3.77. The highest BCUT2D eigenvalue weighted by Crippen LogP contribution is 2.46. The molecule has 1 aliphatic carbocycles. The van der Waals surface area contributed by atoms with Crippen LogP contribution in [0, 0.1) is 5.92 Å². The van der Waals surface area contributed by atoms with Crippen LogP contribution in [0.1, 0.15) is 42.9 Å². The number of carbonyl (C=O) groups excluding carboxylic acids is 3. The third-order valence-corrected chi connectivity index (χ3v) is 5.99. The summed E-state index contributed by atoms with van der Waals surface area (Å²) in [7, 11) is 3.06. The highest BCUT2D eigenvalue weighted by molar-refractivity contribution is 6.12. The van der Waals surface area contributed by atoms with Crippen LogP contribution in [0.3, 0.4) is 0 Å². The zero-order valence-corrected chi connectivity index (χ0v) is 18.2. The molecule has 0 fully saturated rings. The number of carbonyl (C=O) groups is 3. The molecule has 8 nitrogen and oxygen atoms in total. The van der Waals surface area contributed by atoms with E-state index in [1.807, 2.05) is 0 Å². The molecule has 1 N–H and O–H groups in total. The molecule has 0 bridgehead atoms. The van der Waals surface area contributed by atoms with Crippen LogP contribution >= 0.6 is 0 Å². The SMILES string of the molecule is CCOC(=O)[C@H]1C(=O)C2=C(C[C@@H]1c1ccco1)NC(=O)C[C@H]2c1ccc(OC)c(OC)c1. The fourth-order valence-corrected chi connectivity index (χ4v) is 4.58. The molecule has 8 heteroatoms. The van der Waals surface area contributed by atoms with Crippen molar-refractivity contribution in [2.24, 2.45) is 5.92 Å². The van der Waals surface area contributed by atoms with E-state index in [2.05, 4.69) is 5.32 Å². The molecule has 4 rings (SSSR count). The van der Waals surface area contributed by atoms with E-state index in [0.717, 1.165) is 5.56 Å². The molecule has 1 aromatic heterocycles. The number of benzene rings is 1. The molecule has 168 valence electrons. The summed E-state index contributed by atoms with van der Waals surface area (Å²) in [5.41, 5.74) is 1.68. The summed E-state index contributed by atoms with van der Waals surface area (Å²) >= 11 is 0. The predicted molar refractivity (Wildman–Crippen MR) is 113 cm³/mol. The number of hydrogen-bond donors (Lipinski definition) is 1. The molecule has 32 heavy (non-hydrogen) atoms. The summed E-state index contributed by atoms with van der Waals surface area (Å²) in [6, 6.07) is 8.74. The molecule has 0 radical (unpaired) electrons. The van der Waals surface area contributed by atoms with Crippen LogP contribution in [0.15, 0.2) is 52.3 Å². The lowest BCUT2D eigenvalue weighted by Gasteiger charge is -2.37. The van der Waals surface area contributed by atoms with E-state index in [0.29, 0.717) is 28.5 Å². The quantitative estimate of drug-likeness (QED) is 0.545. The maximum Gasteiger partial charge on any atom is 0.317 e. The molecule has 1 amide bonds. The van der Waals surface area contributed by atoms with Crippen molar-refractivity contribution in [1.82, 2.24) is 5.32 Å². The number of esters is 1. The Labute approximate surface area is 185 Å². The van der Waals surface area contributed by atoms with Crippen LogP contribution in [-0.2, 0) is 19.1 Å². The molecule has 2 heterocycles. The molecule has 0 saturated heterocycles. The van der Waals surface area contributed by atoms with E-state index < -0.39 is 23.7 Å². The maximum absolute atomic E-state index is 13.7. The highest BCUT2D eigenvalue weighted by atomic mass is 16.5. The Kier molecular flexibility index (Phi) is 6.03. The summed E-state index contributed by atoms with van der Waals surface area (Å²) in [4.78, 5) is 39.2. The lowest BCUT2D eigenvalue weighted by atomic mass is 9.69. The smallest absolute Gasteiger partial charge is 0.317 e. The first-order valence-electron chi connectivity index (χ1n) is 10.5. The number of allylic oxidation sites excluding steroid dienone is 2. The van der Waals surface area contributed by atoms with Gasteiger partial charge in [0.1, 0.15) is 11.7 Å². The summed E-state index contributed by atoms with van der Waals surface area (Å²) in [6.07, 6.45) is 1.87. The van der Waals surface area contributed by atoms with Gasteiger partial charge >= 0.3 is 5.97 Å². The predicted octanol–water partition coefficient (Wildman–Crippen LogP) is 3.09. The molecule has 0 spiro atoms. The van der Waals surface area contributed by atoms with E-state index in [-0.39, 0.29) is 31.1 Å². The van der Waals surface area contributed by atoms with Gasteiger partial charge in [-0.3, -0.25) is 14.4 Å². The normalized spacial score (nSPS) is 22.8. The fraction of sp³-hybridized carbons (Fsp3) is 0.375. The second kappa shape index (κ2) is 8.90. The Morgan fingerprint density at radius 3 is 2.56 bits per heavy atom. The van der Waals surface area contributed by atoms with Gasteiger partial charge in [0.2, 0.25) is 5.91 Å². The van der Waals surface area contributed by atoms with Crippen LogP contribution in [0.4, 0.5) is 0 Å². The first-order chi connectivity index (χ1) is 15.5. The molecule has 2 aromatic rings. The second-order valence-corrected chi connectivity index (χ2v) is 7.73. The molecule has 1 aromatic carbocycles. The van der Waals surface area contributed by atoms with Crippen molar-refractivity contribution >= 4 is 17.7 Å². The molecular weight excluding hydrogens is 414 g/mol. The van der Waals surface area contributed by atoms with Crippen molar-refractivity contribution in [1.29, 1.82) is 0 Å². The topological polar surface area (TPSA) is 104 Å². The summed E-state index contributed by atoms with van der Waals surface area (Å²) in [5, 5.41) is 2.85. The van der Waals surface area contributed by atoms with E-state index in [9.17, 15) is 14.4 Å². The molecule has 3 atom stereocenters. The molecular formula is C24H25NO7. The van der Waals surface area contributed by atoms with Gasteiger partial charge in [-0.15, -0.1) is 0 Å². The fourth-order valence-electron chi connectivity index (χ4n) is 4.58.